The fourth-order valence-corrected chi connectivity index (χ4v) is 2.59. The molecule has 3 N–H and O–H groups in total. The van der Waals surface area contributed by atoms with Gasteiger partial charge < -0.3 is 20.6 Å². The Morgan fingerprint density at radius 1 is 1.50 bits per heavy atom. The Labute approximate surface area is 128 Å². The first kappa shape index (κ1) is 16.8. The van der Waals surface area contributed by atoms with E-state index in [0.717, 1.165) is 23.2 Å². The lowest BCUT2D eigenvalue weighted by Crippen LogP contribution is -2.33. The zero-order valence-electron chi connectivity index (χ0n) is 12.1. The van der Waals surface area contributed by atoms with Gasteiger partial charge in [-0.2, -0.15) is 0 Å². The summed E-state index contributed by atoms with van der Waals surface area (Å²) in [4.78, 5) is 2.19. The lowest BCUT2D eigenvalue weighted by Gasteiger charge is -2.28. The number of nitrogens with zero attached hydrogens (tertiary/aromatic N) is 2. The number of nitrogens with two attached hydrogens (primary N) is 1. The highest BCUT2D eigenvalue weighted by Crippen LogP contribution is 2.28. The third-order valence-corrected chi connectivity index (χ3v) is 3.51. The van der Waals surface area contributed by atoms with Crippen LogP contribution in [0, 0.1) is 5.92 Å². The number of amidine groups is 1. The standard InChI is InChI=1S/C14H22BrN3O2/c1-10(2)9-18(7-8-20-3)12-6-4-5-11(15)13(12)14(16)17-19/h4-6,10,19H,7-9H2,1-3H3,(H2,16,17). The molecule has 0 fully saturated rings. The highest BCUT2D eigenvalue weighted by Gasteiger charge is 2.17. The van der Waals surface area contributed by atoms with Gasteiger partial charge in [-0.25, -0.2) is 0 Å². The van der Waals surface area contributed by atoms with Crippen LogP contribution in [0.1, 0.15) is 19.4 Å². The monoisotopic (exact) mass is 343 g/mol. The Kier molecular flexibility index (Phi) is 6.81. The van der Waals surface area contributed by atoms with E-state index >= 15 is 0 Å². The van der Waals surface area contributed by atoms with Crippen LogP contribution in [0.4, 0.5) is 5.69 Å². The van der Waals surface area contributed by atoms with E-state index in [2.05, 4.69) is 39.8 Å². The number of hydrogen-bond donors (Lipinski definition) is 2. The Morgan fingerprint density at radius 2 is 2.20 bits per heavy atom. The van der Waals surface area contributed by atoms with Gasteiger partial charge in [0.25, 0.3) is 0 Å². The van der Waals surface area contributed by atoms with E-state index in [4.69, 9.17) is 15.7 Å². The van der Waals surface area contributed by atoms with Crippen LogP contribution >= 0.6 is 15.9 Å². The Balaban J connectivity index is 3.21. The lowest BCUT2D eigenvalue weighted by molar-refractivity contribution is 0.204. The van der Waals surface area contributed by atoms with Crippen LogP contribution in [0.15, 0.2) is 27.8 Å². The van der Waals surface area contributed by atoms with Gasteiger partial charge in [0.15, 0.2) is 5.84 Å². The first-order valence-corrected chi connectivity index (χ1v) is 7.30. The number of rotatable bonds is 7. The number of benzene rings is 1. The zero-order valence-corrected chi connectivity index (χ0v) is 13.7. The van der Waals surface area contributed by atoms with E-state index < -0.39 is 0 Å². The second-order valence-electron chi connectivity index (χ2n) is 4.95. The molecule has 0 atom stereocenters. The van der Waals surface area contributed by atoms with Crippen molar-refractivity contribution < 1.29 is 9.94 Å². The molecule has 6 heteroatoms. The molecule has 5 nitrogen and oxygen atoms in total. The molecule has 0 saturated carbocycles. The van der Waals surface area contributed by atoms with E-state index in [1.807, 2.05) is 18.2 Å². The maximum atomic E-state index is 8.98. The fourth-order valence-electron chi connectivity index (χ4n) is 2.03. The average Bonchev–Trinajstić information content (AvgIpc) is 2.42. The van der Waals surface area contributed by atoms with Crippen molar-refractivity contribution in [2.75, 3.05) is 31.7 Å². The molecule has 0 aliphatic heterocycles. The molecule has 0 saturated heterocycles. The minimum absolute atomic E-state index is 0.0960. The van der Waals surface area contributed by atoms with Gasteiger partial charge in [-0.3, -0.25) is 0 Å². The zero-order chi connectivity index (χ0) is 15.1. The lowest BCUT2D eigenvalue weighted by atomic mass is 10.1. The van der Waals surface area contributed by atoms with E-state index in [1.165, 1.54) is 0 Å². The van der Waals surface area contributed by atoms with Gasteiger partial charge in [-0.1, -0.05) is 25.1 Å². The summed E-state index contributed by atoms with van der Waals surface area (Å²) >= 11 is 3.46. The molecular formula is C14H22BrN3O2. The van der Waals surface area contributed by atoms with Crippen molar-refractivity contribution in [2.45, 2.75) is 13.8 Å². The molecule has 0 aromatic heterocycles. The van der Waals surface area contributed by atoms with Gasteiger partial charge in [0.05, 0.1) is 12.2 Å². The normalized spacial score (nSPS) is 11.9. The van der Waals surface area contributed by atoms with Gasteiger partial charge in [0.2, 0.25) is 0 Å². The summed E-state index contributed by atoms with van der Waals surface area (Å²) < 4.78 is 5.97. The summed E-state index contributed by atoms with van der Waals surface area (Å²) in [6.07, 6.45) is 0. The maximum Gasteiger partial charge on any atom is 0.173 e. The molecular weight excluding hydrogens is 322 g/mol. The molecule has 112 valence electrons. The number of hydrogen-bond acceptors (Lipinski definition) is 4. The molecule has 0 heterocycles. The summed E-state index contributed by atoms with van der Waals surface area (Å²) in [6.45, 7) is 6.54. The van der Waals surface area contributed by atoms with Crippen molar-refractivity contribution in [3.63, 3.8) is 0 Å². The minimum Gasteiger partial charge on any atom is -0.409 e. The quantitative estimate of drug-likeness (QED) is 0.345. The van der Waals surface area contributed by atoms with Crippen LogP contribution in [-0.4, -0.2) is 37.8 Å². The highest BCUT2D eigenvalue weighted by atomic mass is 79.9. The van der Waals surface area contributed by atoms with Crippen molar-refractivity contribution in [2.24, 2.45) is 16.8 Å². The first-order chi connectivity index (χ1) is 9.51. The highest BCUT2D eigenvalue weighted by molar-refractivity contribution is 9.10. The number of halogens is 1. The van der Waals surface area contributed by atoms with Gasteiger partial charge in [-0.15, -0.1) is 0 Å². The third kappa shape index (κ3) is 4.38. The predicted octanol–water partition coefficient (Wildman–Crippen LogP) is 2.65. The van der Waals surface area contributed by atoms with Crippen molar-refractivity contribution in [3.8, 4) is 0 Å². The summed E-state index contributed by atoms with van der Waals surface area (Å²) in [5.41, 5.74) is 7.44. The minimum atomic E-state index is 0.0960. The van der Waals surface area contributed by atoms with E-state index in [1.54, 1.807) is 7.11 Å². The summed E-state index contributed by atoms with van der Waals surface area (Å²) in [5.74, 6) is 0.588. The van der Waals surface area contributed by atoms with Crippen LogP contribution < -0.4 is 10.6 Å². The Morgan fingerprint density at radius 3 is 2.75 bits per heavy atom. The third-order valence-electron chi connectivity index (χ3n) is 2.85. The van der Waals surface area contributed by atoms with Crippen LogP contribution in [0.5, 0.6) is 0 Å². The molecule has 0 spiro atoms. The number of ether oxygens (including phenoxy) is 1. The second-order valence-corrected chi connectivity index (χ2v) is 5.81. The van der Waals surface area contributed by atoms with E-state index in [0.29, 0.717) is 18.1 Å². The average molecular weight is 344 g/mol. The topological polar surface area (TPSA) is 71.1 Å². The molecule has 0 radical (unpaired) electrons. The van der Waals surface area contributed by atoms with Crippen LogP contribution in [0.3, 0.4) is 0 Å². The molecule has 1 aromatic rings. The summed E-state index contributed by atoms with van der Waals surface area (Å²) in [5, 5.41) is 12.1. The molecule has 1 rings (SSSR count). The smallest absolute Gasteiger partial charge is 0.173 e. The largest absolute Gasteiger partial charge is 0.409 e. The van der Waals surface area contributed by atoms with Gasteiger partial charge >= 0.3 is 0 Å². The molecule has 1 aromatic carbocycles. The summed E-state index contributed by atoms with van der Waals surface area (Å²) in [7, 11) is 1.68. The van der Waals surface area contributed by atoms with E-state index in [-0.39, 0.29) is 5.84 Å². The molecule has 0 bridgehead atoms. The van der Waals surface area contributed by atoms with Crippen molar-refractivity contribution >= 4 is 27.5 Å². The molecule has 20 heavy (non-hydrogen) atoms. The SMILES string of the molecule is COCCN(CC(C)C)c1cccc(Br)c1/C(N)=N/O. The molecule has 0 unspecified atom stereocenters. The maximum absolute atomic E-state index is 8.98. The fraction of sp³-hybridized carbons (Fsp3) is 0.500. The van der Waals surface area contributed by atoms with Crippen LogP contribution in [0.25, 0.3) is 0 Å². The van der Waals surface area contributed by atoms with Crippen LogP contribution in [-0.2, 0) is 4.74 Å². The molecule has 0 aliphatic carbocycles. The van der Waals surface area contributed by atoms with Gasteiger partial charge in [-0.05, 0) is 34.0 Å². The Bertz CT molecular complexity index is 464. The predicted molar refractivity (Wildman–Crippen MR) is 85.6 cm³/mol. The van der Waals surface area contributed by atoms with E-state index in [9.17, 15) is 0 Å². The molecule has 0 amide bonds. The van der Waals surface area contributed by atoms with Crippen molar-refractivity contribution in [3.05, 3.63) is 28.2 Å². The van der Waals surface area contributed by atoms with Crippen molar-refractivity contribution in [1.29, 1.82) is 0 Å². The van der Waals surface area contributed by atoms with Gasteiger partial charge in [0.1, 0.15) is 0 Å². The Hall–Kier alpha value is -1.27. The van der Waals surface area contributed by atoms with Crippen LogP contribution in [0.2, 0.25) is 0 Å². The summed E-state index contributed by atoms with van der Waals surface area (Å²) in [6, 6.07) is 5.78. The number of methoxy groups -OCH3 is 1. The number of anilines is 1. The van der Waals surface area contributed by atoms with Gasteiger partial charge in [0, 0.05) is 30.4 Å². The number of oxime groups is 1. The molecule has 0 aliphatic rings. The van der Waals surface area contributed by atoms with Crippen molar-refractivity contribution in [1.82, 2.24) is 0 Å². The first-order valence-electron chi connectivity index (χ1n) is 6.51. The second kappa shape index (κ2) is 8.11.